The van der Waals surface area contributed by atoms with Gasteiger partial charge in [0.15, 0.2) is 0 Å². The number of likely N-dealkylation sites (tertiary alicyclic amines) is 1. The summed E-state index contributed by atoms with van der Waals surface area (Å²) >= 11 is 0. The molecule has 0 unspecified atom stereocenters. The van der Waals surface area contributed by atoms with Crippen molar-refractivity contribution in [2.75, 3.05) is 13.1 Å². The topological polar surface area (TPSA) is 3.24 Å². The molecule has 2 rings (SSSR count). The van der Waals surface area contributed by atoms with Gasteiger partial charge in [-0.05, 0) is 38.8 Å². The van der Waals surface area contributed by atoms with Gasteiger partial charge >= 0.3 is 0 Å². The van der Waals surface area contributed by atoms with Crippen molar-refractivity contribution >= 4 is 0 Å². The van der Waals surface area contributed by atoms with Gasteiger partial charge in [0.1, 0.15) is 0 Å². The van der Waals surface area contributed by atoms with E-state index in [9.17, 15) is 0 Å². The van der Waals surface area contributed by atoms with Crippen LogP contribution < -0.4 is 0 Å². The van der Waals surface area contributed by atoms with Crippen molar-refractivity contribution in [2.24, 2.45) is 0 Å². The smallest absolute Gasteiger partial charge is 0.0164 e. The molecule has 0 aromatic carbocycles. The molecule has 1 heterocycles. The Morgan fingerprint density at radius 2 is 1.60 bits per heavy atom. The second kappa shape index (κ2) is 2.75. The normalized spacial score (nSPS) is 28.4. The molecule has 56 valence electrons. The highest BCUT2D eigenvalue weighted by atomic mass is 15.2. The van der Waals surface area contributed by atoms with Crippen LogP contribution in [0.25, 0.3) is 0 Å². The Bertz CT molecular complexity index is 126. The summed E-state index contributed by atoms with van der Waals surface area (Å²) in [6.07, 6.45) is 10.1. The maximum Gasteiger partial charge on any atom is 0.0164 e. The molecule has 1 saturated heterocycles. The van der Waals surface area contributed by atoms with Crippen LogP contribution in [-0.4, -0.2) is 24.0 Å². The Hall–Kier alpha value is -0.300. The highest BCUT2D eigenvalue weighted by molar-refractivity contribution is 4.99. The Labute approximate surface area is 62.7 Å². The van der Waals surface area contributed by atoms with Gasteiger partial charge in [-0.1, -0.05) is 12.2 Å². The summed E-state index contributed by atoms with van der Waals surface area (Å²) < 4.78 is 0. The molecule has 1 aliphatic heterocycles. The molecule has 0 N–H and O–H groups in total. The summed E-state index contributed by atoms with van der Waals surface area (Å²) in [5.41, 5.74) is 0. The third kappa shape index (κ3) is 1.10. The van der Waals surface area contributed by atoms with Crippen molar-refractivity contribution in [1.29, 1.82) is 0 Å². The fourth-order valence-electron chi connectivity index (χ4n) is 2.01. The van der Waals surface area contributed by atoms with Gasteiger partial charge in [0, 0.05) is 6.04 Å². The van der Waals surface area contributed by atoms with Crippen LogP contribution >= 0.6 is 0 Å². The second-order valence-corrected chi connectivity index (χ2v) is 3.34. The van der Waals surface area contributed by atoms with E-state index in [0.29, 0.717) is 0 Å². The van der Waals surface area contributed by atoms with E-state index in [4.69, 9.17) is 0 Å². The molecule has 1 fully saturated rings. The van der Waals surface area contributed by atoms with Gasteiger partial charge in [0.05, 0.1) is 0 Å². The third-order valence-electron chi connectivity index (χ3n) is 2.64. The lowest BCUT2D eigenvalue weighted by Gasteiger charge is -2.22. The van der Waals surface area contributed by atoms with Crippen molar-refractivity contribution < 1.29 is 0 Å². The molecule has 1 aliphatic carbocycles. The van der Waals surface area contributed by atoms with Gasteiger partial charge in [0.2, 0.25) is 0 Å². The van der Waals surface area contributed by atoms with Crippen LogP contribution in [0.1, 0.15) is 25.7 Å². The standard InChI is InChI=1S/C9H15N/c1-2-6-9(5-1)10-7-3-4-8-10/h1-2,9H,3-8H2. The Morgan fingerprint density at radius 1 is 1.00 bits per heavy atom. The van der Waals surface area contributed by atoms with E-state index in [-0.39, 0.29) is 0 Å². The van der Waals surface area contributed by atoms with Crippen LogP contribution in [0.4, 0.5) is 0 Å². The fraction of sp³-hybridized carbons (Fsp3) is 0.778. The van der Waals surface area contributed by atoms with E-state index in [0.717, 1.165) is 6.04 Å². The number of hydrogen-bond donors (Lipinski definition) is 0. The SMILES string of the molecule is C1=CCC(N2CCCC2)C1. The van der Waals surface area contributed by atoms with E-state index in [2.05, 4.69) is 17.1 Å². The summed E-state index contributed by atoms with van der Waals surface area (Å²) in [5.74, 6) is 0. The molecule has 0 radical (unpaired) electrons. The zero-order valence-electron chi connectivity index (χ0n) is 6.42. The van der Waals surface area contributed by atoms with E-state index in [1.165, 1.54) is 38.8 Å². The van der Waals surface area contributed by atoms with Gasteiger partial charge in [-0.2, -0.15) is 0 Å². The quantitative estimate of drug-likeness (QED) is 0.498. The molecule has 0 atom stereocenters. The minimum Gasteiger partial charge on any atom is -0.300 e. The molecular weight excluding hydrogens is 122 g/mol. The first kappa shape index (κ1) is 6.41. The largest absolute Gasteiger partial charge is 0.300 e. The summed E-state index contributed by atoms with van der Waals surface area (Å²) in [6.45, 7) is 2.71. The molecule has 2 aliphatic rings. The Morgan fingerprint density at radius 3 is 2.20 bits per heavy atom. The van der Waals surface area contributed by atoms with Crippen molar-refractivity contribution in [3.63, 3.8) is 0 Å². The maximum atomic E-state index is 2.64. The van der Waals surface area contributed by atoms with Crippen molar-refractivity contribution in [1.82, 2.24) is 4.90 Å². The van der Waals surface area contributed by atoms with Crippen LogP contribution in [0.5, 0.6) is 0 Å². The first-order valence-corrected chi connectivity index (χ1v) is 4.36. The van der Waals surface area contributed by atoms with E-state index in [1.807, 2.05) is 0 Å². The number of rotatable bonds is 1. The average molecular weight is 137 g/mol. The first-order chi connectivity index (χ1) is 4.97. The predicted octanol–water partition coefficient (Wildman–Crippen LogP) is 1.80. The highest BCUT2D eigenvalue weighted by Gasteiger charge is 2.21. The van der Waals surface area contributed by atoms with E-state index in [1.54, 1.807) is 0 Å². The summed E-state index contributed by atoms with van der Waals surface area (Å²) in [7, 11) is 0. The first-order valence-electron chi connectivity index (χ1n) is 4.36. The molecule has 1 nitrogen and oxygen atoms in total. The monoisotopic (exact) mass is 137 g/mol. The highest BCUT2D eigenvalue weighted by Crippen LogP contribution is 2.21. The maximum absolute atomic E-state index is 2.64. The van der Waals surface area contributed by atoms with Gasteiger partial charge in [-0.3, -0.25) is 4.90 Å². The Balaban J connectivity index is 1.87. The van der Waals surface area contributed by atoms with E-state index < -0.39 is 0 Å². The molecule has 1 heteroatoms. The van der Waals surface area contributed by atoms with Crippen molar-refractivity contribution in [2.45, 2.75) is 31.7 Å². The Kier molecular flexibility index (Phi) is 1.76. The van der Waals surface area contributed by atoms with Crippen LogP contribution in [0.15, 0.2) is 12.2 Å². The van der Waals surface area contributed by atoms with Crippen LogP contribution in [-0.2, 0) is 0 Å². The summed E-state index contributed by atoms with van der Waals surface area (Å²) in [5, 5.41) is 0. The van der Waals surface area contributed by atoms with Gasteiger partial charge in [-0.15, -0.1) is 0 Å². The van der Waals surface area contributed by atoms with Crippen molar-refractivity contribution in [3.05, 3.63) is 12.2 Å². The summed E-state index contributed by atoms with van der Waals surface area (Å²) in [4.78, 5) is 2.64. The number of nitrogens with zero attached hydrogens (tertiary/aromatic N) is 1. The van der Waals surface area contributed by atoms with Gasteiger partial charge < -0.3 is 0 Å². The zero-order valence-corrected chi connectivity index (χ0v) is 6.42. The minimum absolute atomic E-state index is 0.877. The van der Waals surface area contributed by atoms with Crippen molar-refractivity contribution in [3.8, 4) is 0 Å². The van der Waals surface area contributed by atoms with Crippen LogP contribution in [0.3, 0.4) is 0 Å². The zero-order chi connectivity index (χ0) is 6.81. The number of hydrogen-bond acceptors (Lipinski definition) is 1. The van der Waals surface area contributed by atoms with Crippen LogP contribution in [0, 0.1) is 0 Å². The molecule has 10 heavy (non-hydrogen) atoms. The molecule has 0 aromatic heterocycles. The lowest BCUT2D eigenvalue weighted by Crippen LogP contribution is -2.30. The fourth-order valence-corrected chi connectivity index (χ4v) is 2.01. The van der Waals surface area contributed by atoms with Gasteiger partial charge in [-0.25, -0.2) is 0 Å². The van der Waals surface area contributed by atoms with Crippen LogP contribution in [0.2, 0.25) is 0 Å². The second-order valence-electron chi connectivity index (χ2n) is 3.34. The molecule has 0 amide bonds. The van der Waals surface area contributed by atoms with Gasteiger partial charge in [0.25, 0.3) is 0 Å². The molecular formula is C9H15N. The molecule has 0 aromatic rings. The lowest BCUT2D eigenvalue weighted by atomic mass is 10.2. The van der Waals surface area contributed by atoms with E-state index >= 15 is 0 Å². The molecule has 0 bridgehead atoms. The molecule has 0 saturated carbocycles. The lowest BCUT2D eigenvalue weighted by molar-refractivity contribution is 0.253. The summed E-state index contributed by atoms with van der Waals surface area (Å²) in [6, 6.07) is 0.877. The third-order valence-corrected chi connectivity index (χ3v) is 2.64. The minimum atomic E-state index is 0.877. The average Bonchev–Trinajstić information content (AvgIpc) is 2.59. The predicted molar refractivity (Wildman–Crippen MR) is 43.0 cm³/mol. The molecule has 0 spiro atoms.